The standard InChI is InChI=1S/C13H26N2O2/c1-11-5-3-7-13(9-11,10-16)15-8-4-6-12(17)14-2/h11,15-16H,3-10H2,1-2H3,(H,14,17). The van der Waals surface area contributed by atoms with E-state index in [0.717, 1.165) is 25.8 Å². The fourth-order valence-corrected chi connectivity index (χ4v) is 2.75. The number of nitrogens with one attached hydrogen (secondary N) is 2. The Kier molecular flexibility index (Phi) is 5.92. The van der Waals surface area contributed by atoms with Crippen LogP contribution in [-0.2, 0) is 4.79 Å². The van der Waals surface area contributed by atoms with Gasteiger partial charge >= 0.3 is 0 Å². The molecule has 1 aliphatic rings. The molecule has 3 N–H and O–H groups in total. The highest BCUT2D eigenvalue weighted by Crippen LogP contribution is 2.31. The van der Waals surface area contributed by atoms with Crippen LogP contribution >= 0.6 is 0 Å². The van der Waals surface area contributed by atoms with E-state index in [0.29, 0.717) is 12.3 Å². The Balaban J connectivity index is 2.29. The number of carbonyl (C=O) groups is 1. The van der Waals surface area contributed by atoms with Crippen LogP contribution in [0.1, 0.15) is 45.4 Å². The lowest BCUT2D eigenvalue weighted by Crippen LogP contribution is -2.51. The van der Waals surface area contributed by atoms with Crippen LogP contribution in [0.2, 0.25) is 0 Å². The molecule has 0 heterocycles. The van der Waals surface area contributed by atoms with Crippen molar-refractivity contribution in [2.45, 2.75) is 51.0 Å². The Morgan fingerprint density at radius 3 is 2.88 bits per heavy atom. The molecule has 0 aromatic heterocycles. The third kappa shape index (κ3) is 4.64. The van der Waals surface area contributed by atoms with Crippen molar-refractivity contribution in [3.8, 4) is 0 Å². The van der Waals surface area contributed by atoms with Crippen molar-refractivity contribution in [3.05, 3.63) is 0 Å². The molecular formula is C13H26N2O2. The van der Waals surface area contributed by atoms with Crippen LogP contribution in [0.4, 0.5) is 0 Å². The van der Waals surface area contributed by atoms with Crippen LogP contribution in [0.5, 0.6) is 0 Å². The molecule has 0 aromatic rings. The summed E-state index contributed by atoms with van der Waals surface area (Å²) in [5.41, 5.74) is -0.0969. The number of aliphatic hydroxyl groups is 1. The van der Waals surface area contributed by atoms with Crippen molar-refractivity contribution >= 4 is 5.91 Å². The second-order valence-corrected chi connectivity index (χ2v) is 5.34. The normalized spacial score (nSPS) is 29.0. The first-order chi connectivity index (χ1) is 8.12. The molecule has 100 valence electrons. The lowest BCUT2D eigenvalue weighted by molar-refractivity contribution is -0.120. The van der Waals surface area contributed by atoms with E-state index in [1.165, 1.54) is 12.8 Å². The fourth-order valence-electron chi connectivity index (χ4n) is 2.75. The molecule has 4 nitrogen and oxygen atoms in total. The molecule has 1 aliphatic carbocycles. The molecule has 0 spiro atoms. The van der Waals surface area contributed by atoms with Crippen LogP contribution in [0.25, 0.3) is 0 Å². The number of hydrogen-bond acceptors (Lipinski definition) is 3. The second kappa shape index (κ2) is 6.97. The topological polar surface area (TPSA) is 61.4 Å². The maximum atomic E-state index is 11.1. The van der Waals surface area contributed by atoms with E-state index in [1.54, 1.807) is 7.05 Å². The van der Waals surface area contributed by atoms with Gasteiger partial charge in [-0.1, -0.05) is 19.8 Å². The minimum atomic E-state index is -0.0969. The number of aliphatic hydroxyl groups excluding tert-OH is 1. The summed E-state index contributed by atoms with van der Waals surface area (Å²) in [6.07, 6.45) is 5.93. The van der Waals surface area contributed by atoms with E-state index in [4.69, 9.17) is 0 Å². The van der Waals surface area contributed by atoms with E-state index < -0.39 is 0 Å². The predicted molar refractivity (Wildman–Crippen MR) is 68.8 cm³/mol. The third-order valence-corrected chi connectivity index (χ3v) is 3.75. The van der Waals surface area contributed by atoms with Crippen molar-refractivity contribution < 1.29 is 9.90 Å². The Morgan fingerprint density at radius 2 is 2.29 bits per heavy atom. The monoisotopic (exact) mass is 242 g/mol. The maximum absolute atomic E-state index is 11.1. The van der Waals surface area contributed by atoms with Crippen LogP contribution in [0, 0.1) is 5.92 Å². The molecule has 0 aliphatic heterocycles. The third-order valence-electron chi connectivity index (χ3n) is 3.75. The number of amides is 1. The zero-order valence-electron chi connectivity index (χ0n) is 11.1. The lowest BCUT2D eigenvalue weighted by Gasteiger charge is -2.39. The zero-order chi connectivity index (χ0) is 12.7. The second-order valence-electron chi connectivity index (χ2n) is 5.34. The average Bonchev–Trinajstić information content (AvgIpc) is 2.34. The lowest BCUT2D eigenvalue weighted by atomic mass is 9.77. The van der Waals surface area contributed by atoms with Crippen LogP contribution < -0.4 is 10.6 Å². The van der Waals surface area contributed by atoms with Gasteiger partial charge < -0.3 is 15.7 Å². The zero-order valence-corrected chi connectivity index (χ0v) is 11.1. The largest absolute Gasteiger partial charge is 0.394 e. The van der Waals surface area contributed by atoms with E-state index in [-0.39, 0.29) is 18.1 Å². The summed E-state index contributed by atoms with van der Waals surface area (Å²) in [4.78, 5) is 11.1. The van der Waals surface area contributed by atoms with Gasteiger partial charge in [0.15, 0.2) is 0 Å². The quantitative estimate of drug-likeness (QED) is 0.610. The van der Waals surface area contributed by atoms with Crippen molar-refractivity contribution in [2.75, 3.05) is 20.2 Å². The van der Waals surface area contributed by atoms with Gasteiger partial charge in [0.2, 0.25) is 5.91 Å². The molecule has 1 fully saturated rings. The molecule has 2 atom stereocenters. The molecule has 0 aromatic carbocycles. The summed E-state index contributed by atoms with van der Waals surface area (Å²) < 4.78 is 0. The molecular weight excluding hydrogens is 216 g/mol. The van der Waals surface area contributed by atoms with E-state index in [1.807, 2.05) is 0 Å². The summed E-state index contributed by atoms with van der Waals surface area (Å²) in [6.45, 7) is 3.26. The smallest absolute Gasteiger partial charge is 0.219 e. The van der Waals surface area contributed by atoms with Gasteiger partial charge in [0, 0.05) is 19.0 Å². The molecule has 0 bridgehead atoms. The van der Waals surface area contributed by atoms with Crippen molar-refractivity contribution in [1.29, 1.82) is 0 Å². The summed E-state index contributed by atoms with van der Waals surface area (Å²) in [5.74, 6) is 0.768. The van der Waals surface area contributed by atoms with Gasteiger partial charge in [-0.25, -0.2) is 0 Å². The molecule has 0 radical (unpaired) electrons. The molecule has 0 saturated heterocycles. The first kappa shape index (κ1) is 14.5. The fraction of sp³-hybridized carbons (Fsp3) is 0.923. The predicted octanol–water partition coefficient (Wildman–Crippen LogP) is 1.04. The van der Waals surface area contributed by atoms with Gasteiger partial charge in [0.25, 0.3) is 0 Å². The van der Waals surface area contributed by atoms with E-state index >= 15 is 0 Å². The van der Waals surface area contributed by atoms with Crippen molar-refractivity contribution in [3.63, 3.8) is 0 Å². The molecule has 1 rings (SSSR count). The maximum Gasteiger partial charge on any atom is 0.219 e. The summed E-state index contributed by atoms with van der Waals surface area (Å²) in [6, 6.07) is 0. The Morgan fingerprint density at radius 1 is 1.53 bits per heavy atom. The number of carbonyl (C=O) groups excluding carboxylic acids is 1. The summed E-state index contributed by atoms with van der Waals surface area (Å²) in [5, 5.41) is 15.7. The van der Waals surface area contributed by atoms with Crippen molar-refractivity contribution in [2.24, 2.45) is 5.92 Å². The van der Waals surface area contributed by atoms with E-state index in [2.05, 4.69) is 17.6 Å². The first-order valence-corrected chi connectivity index (χ1v) is 6.68. The summed E-state index contributed by atoms with van der Waals surface area (Å²) >= 11 is 0. The molecule has 17 heavy (non-hydrogen) atoms. The van der Waals surface area contributed by atoms with Crippen LogP contribution in [0.3, 0.4) is 0 Å². The Bertz CT molecular complexity index is 246. The van der Waals surface area contributed by atoms with Crippen LogP contribution in [-0.4, -0.2) is 36.8 Å². The highest BCUT2D eigenvalue weighted by molar-refractivity contribution is 5.75. The highest BCUT2D eigenvalue weighted by atomic mass is 16.3. The van der Waals surface area contributed by atoms with Gasteiger partial charge in [0.1, 0.15) is 0 Å². The number of hydrogen-bond donors (Lipinski definition) is 3. The van der Waals surface area contributed by atoms with E-state index in [9.17, 15) is 9.90 Å². The van der Waals surface area contributed by atoms with Gasteiger partial charge in [-0.15, -0.1) is 0 Å². The van der Waals surface area contributed by atoms with Gasteiger partial charge in [0.05, 0.1) is 6.61 Å². The molecule has 4 heteroatoms. The average molecular weight is 242 g/mol. The van der Waals surface area contributed by atoms with Crippen LogP contribution in [0.15, 0.2) is 0 Å². The summed E-state index contributed by atoms with van der Waals surface area (Å²) in [7, 11) is 1.66. The minimum Gasteiger partial charge on any atom is -0.394 e. The molecule has 2 unspecified atom stereocenters. The highest BCUT2D eigenvalue weighted by Gasteiger charge is 2.33. The Hall–Kier alpha value is -0.610. The first-order valence-electron chi connectivity index (χ1n) is 6.68. The van der Waals surface area contributed by atoms with Gasteiger partial charge in [-0.05, 0) is 31.7 Å². The Labute approximate surface area is 104 Å². The SMILES string of the molecule is CNC(=O)CCCNC1(CO)CCCC(C)C1. The van der Waals surface area contributed by atoms with Gasteiger partial charge in [-0.3, -0.25) is 4.79 Å². The molecule has 1 saturated carbocycles. The minimum absolute atomic E-state index is 0.0851. The number of rotatable bonds is 6. The molecule has 1 amide bonds. The van der Waals surface area contributed by atoms with Gasteiger partial charge in [-0.2, -0.15) is 0 Å². The van der Waals surface area contributed by atoms with Crippen molar-refractivity contribution in [1.82, 2.24) is 10.6 Å².